The van der Waals surface area contributed by atoms with E-state index in [0.717, 1.165) is 5.56 Å². The van der Waals surface area contributed by atoms with Crippen molar-refractivity contribution in [1.29, 1.82) is 0 Å². The number of benzene rings is 1. The third kappa shape index (κ3) is 6.76. The third-order valence-corrected chi connectivity index (χ3v) is 4.77. The van der Waals surface area contributed by atoms with Crippen LogP contribution in [0.3, 0.4) is 0 Å². The van der Waals surface area contributed by atoms with Crippen LogP contribution in [0.15, 0.2) is 41.5 Å². The van der Waals surface area contributed by atoms with Crippen LogP contribution in [-0.2, 0) is 29.1 Å². The van der Waals surface area contributed by atoms with Crippen molar-refractivity contribution >= 4 is 23.5 Å². The summed E-state index contributed by atoms with van der Waals surface area (Å²) in [5, 5.41) is 22.1. The largest absolute Gasteiger partial charge is 0.480 e. The van der Waals surface area contributed by atoms with Gasteiger partial charge < -0.3 is 10.2 Å². The number of aryl methyl sites for hydroxylation is 2. The fraction of sp³-hybridized carbons (Fsp3) is 0.450. The van der Waals surface area contributed by atoms with Crippen LogP contribution in [0.2, 0.25) is 5.02 Å². The Kier molecular flexibility index (Phi) is 8.04. The number of aromatic nitrogens is 2. The third-order valence-electron chi connectivity index (χ3n) is 4.53. The van der Waals surface area contributed by atoms with Crippen LogP contribution >= 0.6 is 11.6 Å². The summed E-state index contributed by atoms with van der Waals surface area (Å²) in [6.45, 7) is 3.97. The van der Waals surface area contributed by atoms with Gasteiger partial charge in [0.25, 0.3) is 0 Å². The van der Waals surface area contributed by atoms with Gasteiger partial charge in [0.2, 0.25) is 0 Å². The molecule has 0 fully saturated rings. The maximum Gasteiger partial charge on any atom is 0.328 e. The first-order valence-electron chi connectivity index (χ1n) is 9.39. The number of hydrogen-bond acceptors (Lipinski definition) is 4. The predicted octanol–water partition coefficient (Wildman–Crippen LogP) is 2.09. The first-order valence-corrected chi connectivity index (χ1v) is 9.76. The van der Waals surface area contributed by atoms with E-state index in [9.17, 15) is 24.6 Å². The molecule has 2 unspecified atom stereocenters. The summed E-state index contributed by atoms with van der Waals surface area (Å²) in [7, 11) is 0. The highest BCUT2D eigenvalue weighted by atomic mass is 35.5. The number of carboxylic acids is 2. The smallest absolute Gasteiger partial charge is 0.328 e. The van der Waals surface area contributed by atoms with Crippen LogP contribution in [0.1, 0.15) is 25.8 Å². The van der Waals surface area contributed by atoms with E-state index in [4.69, 9.17) is 11.6 Å². The topological polar surface area (TPSA) is 114 Å². The molecule has 1 aromatic carbocycles. The molecule has 0 spiro atoms. The van der Waals surface area contributed by atoms with Crippen LogP contribution in [0, 0.1) is 5.92 Å². The molecule has 9 heteroatoms. The summed E-state index contributed by atoms with van der Waals surface area (Å²) in [4.78, 5) is 35.6. The van der Waals surface area contributed by atoms with Gasteiger partial charge in [-0.3, -0.25) is 24.0 Å². The highest BCUT2D eigenvalue weighted by molar-refractivity contribution is 6.30. The molecule has 1 aromatic heterocycles. The van der Waals surface area contributed by atoms with Crippen molar-refractivity contribution in [3.63, 3.8) is 0 Å². The quantitative estimate of drug-likeness (QED) is 0.510. The van der Waals surface area contributed by atoms with Gasteiger partial charge in [-0.1, -0.05) is 37.6 Å². The van der Waals surface area contributed by atoms with Gasteiger partial charge in [-0.2, -0.15) is 0 Å². The number of aliphatic carboxylic acids is 2. The molecule has 2 atom stereocenters. The van der Waals surface area contributed by atoms with Crippen molar-refractivity contribution in [2.75, 3.05) is 0 Å². The second-order valence-corrected chi connectivity index (χ2v) is 7.82. The Hall–Kier alpha value is -2.58. The minimum Gasteiger partial charge on any atom is -0.480 e. The average Bonchev–Trinajstić information content (AvgIpc) is 2.98. The number of carboxylic acid groups (broad SMARTS) is 2. The number of nitrogens with one attached hydrogen (secondary N) is 1. The van der Waals surface area contributed by atoms with Crippen LogP contribution < -0.4 is 11.0 Å². The first kappa shape index (κ1) is 22.7. The van der Waals surface area contributed by atoms with Gasteiger partial charge in [-0.15, -0.1) is 0 Å². The maximum absolute atomic E-state index is 12.6. The van der Waals surface area contributed by atoms with E-state index < -0.39 is 24.0 Å². The van der Waals surface area contributed by atoms with Gasteiger partial charge in [0.05, 0.1) is 6.54 Å². The molecule has 0 bridgehead atoms. The lowest BCUT2D eigenvalue weighted by atomic mass is 10.0. The van der Waals surface area contributed by atoms with Gasteiger partial charge >= 0.3 is 17.6 Å². The number of nitrogens with zero attached hydrogens (tertiary/aromatic N) is 2. The van der Waals surface area contributed by atoms with Crippen molar-refractivity contribution in [3.8, 4) is 0 Å². The molecule has 0 saturated carbocycles. The summed E-state index contributed by atoms with van der Waals surface area (Å²) >= 11 is 5.97. The van der Waals surface area contributed by atoms with E-state index in [1.54, 1.807) is 12.3 Å². The normalized spacial score (nSPS) is 13.4. The zero-order chi connectivity index (χ0) is 21.6. The number of hydrogen-bond donors (Lipinski definition) is 3. The molecule has 2 rings (SSSR count). The Morgan fingerprint density at radius 3 is 2.34 bits per heavy atom. The van der Waals surface area contributed by atoms with Crippen LogP contribution in [-0.4, -0.2) is 43.4 Å². The van der Waals surface area contributed by atoms with Gasteiger partial charge in [0.15, 0.2) is 0 Å². The molecule has 1 heterocycles. The Morgan fingerprint density at radius 1 is 1.10 bits per heavy atom. The van der Waals surface area contributed by atoms with Crippen molar-refractivity contribution in [2.45, 2.75) is 51.9 Å². The molecule has 0 amide bonds. The summed E-state index contributed by atoms with van der Waals surface area (Å²) in [6, 6.07) is 5.16. The summed E-state index contributed by atoms with van der Waals surface area (Å²) in [6.07, 6.45) is 3.99. The highest BCUT2D eigenvalue weighted by Crippen LogP contribution is 2.11. The molecule has 3 N–H and O–H groups in total. The molecule has 0 aliphatic rings. The zero-order valence-electron chi connectivity index (χ0n) is 16.4. The minimum atomic E-state index is -1.21. The molecule has 0 aliphatic heterocycles. The monoisotopic (exact) mass is 423 g/mol. The molecular formula is C20H26ClN3O5. The highest BCUT2D eigenvalue weighted by Gasteiger charge is 2.27. The minimum absolute atomic E-state index is 0.0772. The number of carbonyl (C=O) groups is 2. The van der Waals surface area contributed by atoms with Gasteiger partial charge in [-0.05, 0) is 36.5 Å². The second kappa shape index (κ2) is 10.3. The van der Waals surface area contributed by atoms with Crippen molar-refractivity contribution in [2.24, 2.45) is 5.92 Å². The fourth-order valence-electron chi connectivity index (χ4n) is 3.06. The van der Waals surface area contributed by atoms with E-state index >= 15 is 0 Å². The first-order chi connectivity index (χ1) is 13.7. The van der Waals surface area contributed by atoms with Crippen molar-refractivity contribution in [3.05, 3.63) is 57.7 Å². The van der Waals surface area contributed by atoms with Crippen LogP contribution in [0.4, 0.5) is 0 Å². The molecule has 29 heavy (non-hydrogen) atoms. The van der Waals surface area contributed by atoms with Crippen molar-refractivity contribution in [1.82, 2.24) is 14.5 Å². The van der Waals surface area contributed by atoms with Crippen molar-refractivity contribution < 1.29 is 19.8 Å². The Morgan fingerprint density at radius 2 is 1.76 bits per heavy atom. The second-order valence-electron chi connectivity index (χ2n) is 7.38. The molecule has 0 saturated heterocycles. The molecular weight excluding hydrogens is 398 g/mol. The van der Waals surface area contributed by atoms with E-state index in [1.807, 2.05) is 32.0 Å². The van der Waals surface area contributed by atoms with E-state index in [1.165, 1.54) is 15.3 Å². The molecule has 8 nitrogen and oxygen atoms in total. The fourth-order valence-corrected chi connectivity index (χ4v) is 3.27. The Labute approximate surface area is 173 Å². The number of rotatable bonds is 11. The molecule has 0 aliphatic carbocycles. The standard InChI is InChI=1S/C20H26ClN3O5/c1-13(2)10-16(18(25)26)22-17(19(27)28)12-24-9-8-23(20(24)29)7-6-14-4-3-5-15(21)11-14/h3-5,8-9,11,13,16-17,22H,6-7,10,12H2,1-2H3,(H,25,26)(H,27,28). The lowest BCUT2D eigenvalue weighted by Crippen LogP contribution is -2.50. The van der Waals surface area contributed by atoms with Gasteiger partial charge in [0, 0.05) is 24.0 Å². The number of imidazole rings is 1. The Bertz CT molecular complexity index is 906. The van der Waals surface area contributed by atoms with E-state index in [2.05, 4.69) is 5.32 Å². The van der Waals surface area contributed by atoms with Gasteiger partial charge in [0.1, 0.15) is 12.1 Å². The van der Waals surface area contributed by atoms with Crippen LogP contribution in [0.25, 0.3) is 0 Å². The summed E-state index contributed by atoms with van der Waals surface area (Å²) in [5.41, 5.74) is 0.635. The lowest BCUT2D eigenvalue weighted by molar-refractivity contribution is -0.143. The Balaban J connectivity index is 2.07. The van der Waals surface area contributed by atoms with Gasteiger partial charge in [-0.25, -0.2) is 4.79 Å². The SMILES string of the molecule is CC(C)CC(NC(Cn1ccn(CCc2cccc(Cl)c2)c1=O)C(=O)O)C(=O)O. The molecule has 158 valence electrons. The summed E-state index contributed by atoms with van der Waals surface area (Å²) in [5.74, 6) is -2.25. The molecule has 2 aromatic rings. The number of halogens is 1. The predicted molar refractivity (Wildman–Crippen MR) is 109 cm³/mol. The van der Waals surface area contributed by atoms with E-state index in [0.29, 0.717) is 18.0 Å². The zero-order valence-corrected chi connectivity index (χ0v) is 17.2. The lowest BCUT2D eigenvalue weighted by Gasteiger charge is -2.21. The molecule has 0 radical (unpaired) electrons. The maximum atomic E-state index is 12.6. The summed E-state index contributed by atoms with van der Waals surface area (Å²) < 4.78 is 2.76. The van der Waals surface area contributed by atoms with E-state index in [-0.39, 0.29) is 24.6 Å². The average molecular weight is 424 g/mol. The van der Waals surface area contributed by atoms with Crippen LogP contribution in [0.5, 0.6) is 0 Å².